The molecule has 0 saturated carbocycles. The molecule has 2 aromatic rings. The molecule has 0 unspecified atom stereocenters. The number of halogens is 1. The minimum Gasteiger partial charge on any atom is -0.340 e. The molecule has 2 atom stereocenters. The summed E-state index contributed by atoms with van der Waals surface area (Å²) in [6.45, 7) is 4.18. The molecular weight excluding hydrogens is 301 g/mol. The second kappa shape index (κ2) is 6.71. The highest BCUT2D eigenvalue weighted by atomic mass is 19.1. The predicted octanol–water partition coefficient (Wildman–Crippen LogP) is 0.551. The number of hydrogen-bond acceptors (Lipinski definition) is 7. The van der Waals surface area contributed by atoms with Crippen LogP contribution in [0.1, 0.15) is 23.8 Å². The van der Waals surface area contributed by atoms with Crippen LogP contribution in [-0.4, -0.2) is 67.3 Å². The summed E-state index contributed by atoms with van der Waals surface area (Å²) in [5, 5.41) is 11.7. The second-order valence-corrected chi connectivity index (χ2v) is 6.19. The summed E-state index contributed by atoms with van der Waals surface area (Å²) < 4.78 is 20.6. The van der Waals surface area contributed by atoms with Crippen LogP contribution in [0.25, 0.3) is 0 Å². The lowest BCUT2D eigenvalue weighted by Crippen LogP contribution is -2.38. The lowest BCUT2D eigenvalue weighted by molar-refractivity contribution is 0.174. The summed E-state index contributed by atoms with van der Waals surface area (Å²) in [7, 11) is 3.89. The number of hydrogen-bond donors (Lipinski definition) is 0. The Morgan fingerprint density at radius 2 is 2.30 bits per heavy atom. The van der Waals surface area contributed by atoms with Gasteiger partial charge in [-0.3, -0.25) is 14.5 Å². The third kappa shape index (κ3) is 3.91. The molecule has 2 aromatic heterocycles. The molecule has 1 fully saturated rings. The summed E-state index contributed by atoms with van der Waals surface area (Å²) in [5.41, 5.74) is 1.03. The Kier molecular flexibility index (Phi) is 4.67. The topological polar surface area (TPSA) is 76.1 Å². The molecule has 1 aliphatic heterocycles. The summed E-state index contributed by atoms with van der Waals surface area (Å²) in [4.78, 5) is 8.46. The second-order valence-electron chi connectivity index (χ2n) is 6.19. The van der Waals surface area contributed by atoms with Gasteiger partial charge < -0.3 is 4.52 Å². The normalized spacial score (nSPS) is 22.3. The van der Waals surface area contributed by atoms with Crippen LogP contribution in [0.2, 0.25) is 0 Å². The zero-order valence-electron chi connectivity index (χ0n) is 13.7. The summed E-state index contributed by atoms with van der Waals surface area (Å²) in [6.07, 6.45) is 1.48. The van der Waals surface area contributed by atoms with Gasteiger partial charge >= 0.3 is 0 Å². The Labute approximate surface area is 134 Å². The smallest absolute Gasteiger partial charge is 0.223 e. The van der Waals surface area contributed by atoms with Gasteiger partial charge in [0, 0.05) is 39.6 Å². The van der Waals surface area contributed by atoms with Crippen molar-refractivity contribution in [2.75, 3.05) is 20.1 Å². The van der Waals surface area contributed by atoms with Crippen molar-refractivity contribution < 1.29 is 8.91 Å². The highest BCUT2D eigenvalue weighted by Crippen LogP contribution is 2.23. The van der Waals surface area contributed by atoms with E-state index in [1.165, 1.54) is 0 Å². The van der Waals surface area contributed by atoms with Crippen molar-refractivity contribution in [2.24, 2.45) is 7.05 Å². The highest BCUT2D eigenvalue weighted by molar-refractivity contribution is 4.95. The van der Waals surface area contributed by atoms with Crippen LogP contribution in [0.15, 0.2) is 10.7 Å². The standard InChI is InChI=1S/C14H22FN7O/c1-10-17-14(18-23-10)9-22-6-11(15)4-12(22)7-20(2)8-13-5-16-19-21(13)3/h5,11-12H,4,6-9H2,1-3H3/t11-,12-/m0/s1. The Morgan fingerprint density at radius 1 is 1.48 bits per heavy atom. The fourth-order valence-corrected chi connectivity index (χ4v) is 3.05. The molecule has 0 bridgehead atoms. The van der Waals surface area contributed by atoms with E-state index in [1.54, 1.807) is 17.8 Å². The van der Waals surface area contributed by atoms with Crippen LogP contribution in [0.4, 0.5) is 4.39 Å². The van der Waals surface area contributed by atoms with Gasteiger partial charge in [0.05, 0.1) is 18.4 Å². The molecule has 126 valence electrons. The van der Waals surface area contributed by atoms with Crippen molar-refractivity contribution in [1.82, 2.24) is 34.9 Å². The summed E-state index contributed by atoms with van der Waals surface area (Å²) in [5.74, 6) is 1.15. The van der Waals surface area contributed by atoms with Gasteiger partial charge in [0.1, 0.15) is 6.17 Å². The van der Waals surface area contributed by atoms with Crippen molar-refractivity contribution in [3.05, 3.63) is 23.6 Å². The van der Waals surface area contributed by atoms with Gasteiger partial charge in [-0.1, -0.05) is 10.4 Å². The van der Waals surface area contributed by atoms with Gasteiger partial charge in [-0.05, 0) is 13.5 Å². The van der Waals surface area contributed by atoms with E-state index < -0.39 is 6.17 Å². The van der Waals surface area contributed by atoms with Crippen molar-refractivity contribution >= 4 is 0 Å². The number of aromatic nitrogens is 5. The zero-order chi connectivity index (χ0) is 16.4. The lowest BCUT2D eigenvalue weighted by Gasteiger charge is -2.27. The molecule has 3 heterocycles. The monoisotopic (exact) mass is 323 g/mol. The molecule has 1 aliphatic rings. The maximum atomic E-state index is 13.9. The molecule has 0 radical (unpaired) electrons. The molecule has 23 heavy (non-hydrogen) atoms. The Morgan fingerprint density at radius 3 is 2.96 bits per heavy atom. The number of alkyl halides is 1. The number of rotatable bonds is 6. The molecule has 8 nitrogen and oxygen atoms in total. The van der Waals surface area contributed by atoms with E-state index >= 15 is 0 Å². The Hall–Kier alpha value is -1.87. The molecule has 3 rings (SSSR count). The molecule has 0 spiro atoms. The molecule has 0 aliphatic carbocycles. The molecular formula is C14H22FN7O. The van der Waals surface area contributed by atoms with E-state index in [-0.39, 0.29) is 6.04 Å². The fraction of sp³-hybridized carbons (Fsp3) is 0.714. The highest BCUT2D eigenvalue weighted by Gasteiger charge is 2.33. The van der Waals surface area contributed by atoms with Gasteiger partial charge in [-0.15, -0.1) is 5.10 Å². The zero-order valence-corrected chi connectivity index (χ0v) is 13.7. The largest absolute Gasteiger partial charge is 0.340 e. The first kappa shape index (κ1) is 16.0. The van der Waals surface area contributed by atoms with Crippen molar-refractivity contribution in [1.29, 1.82) is 0 Å². The van der Waals surface area contributed by atoms with E-state index in [4.69, 9.17) is 4.52 Å². The molecule has 0 aromatic carbocycles. The third-order valence-electron chi connectivity index (χ3n) is 4.15. The van der Waals surface area contributed by atoms with Gasteiger partial charge in [0.2, 0.25) is 5.89 Å². The first-order valence-electron chi connectivity index (χ1n) is 7.70. The molecule has 1 saturated heterocycles. The first-order valence-corrected chi connectivity index (χ1v) is 7.70. The van der Waals surface area contributed by atoms with E-state index in [1.807, 2.05) is 14.1 Å². The average Bonchev–Trinajstić information content (AvgIpc) is 3.15. The minimum absolute atomic E-state index is 0.134. The Bertz CT molecular complexity index is 643. The Balaban J connectivity index is 1.59. The van der Waals surface area contributed by atoms with Gasteiger partial charge in [-0.25, -0.2) is 4.39 Å². The van der Waals surface area contributed by atoms with E-state index in [0.29, 0.717) is 31.2 Å². The fourth-order valence-electron chi connectivity index (χ4n) is 3.05. The van der Waals surface area contributed by atoms with Crippen molar-refractivity contribution in [2.45, 2.75) is 38.6 Å². The lowest BCUT2D eigenvalue weighted by atomic mass is 10.2. The van der Waals surface area contributed by atoms with Crippen molar-refractivity contribution in [3.63, 3.8) is 0 Å². The predicted molar refractivity (Wildman–Crippen MR) is 80.1 cm³/mol. The SMILES string of the molecule is Cc1nc(CN2C[C@@H](F)C[C@H]2CN(C)Cc2cnnn2C)no1. The van der Waals surface area contributed by atoms with Gasteiger partial charge in [0.25, 0.3) is 0 Å². The summed E-state index contributed by atoms with van der Waals surface area (Å²) in [6, 6.07) is 0.134. The minimum atomic E-state index is -0.806. The van der Waals surface area contributed by atoms with E-state index in [0.717, 1.165) is 18.8 Å². The number of likely N-dealkylation sites (tertiary alicyclic amines) is 1. The summed E-state index contributed by atoms with van der Waals surface area (Å²) >= 11 is 0. The third-order valence-corrected chi connectivity index (χ3v) is 4.15. The molecule has 0 N–H and O–H groups in total. The van der Waals surface area contributed by atoms with Crippen LogP contribution in [0.3, 0.4) is 0 Å². The van der Waals surface area contributed by atoms with Crippen LogP contribution in [0.5, 0.6) is 0 Å². The maximum Gasteiger partial charge on any atom is 0.223 e. The average molecular weight is 323 g/mol. The maximum absolute atomic E-state index is 13.9. The number of aryl methyl sites for hydroxylation is 2. The molecule has 0 amide bonds. The molecule has 9 heteroatoms. The van der Waals surface area contributed by atoms with Crippen LogP contribution >= 0.6 is 0 Å². The number of likely N-dealkylation sites (N-methyl/N-ethyl adjacent to an activating group) is 1. The van der Waals surface area contributed by atoms with Crippen LogP contribution in [-0.2, 0) is 20.1 Å². The number of nitrogens with zero attached hydrogens (tertiary/aromatic N) is 7. The van der Waals surface area contributed by atoms with Crippen molar-refractivity contribution in [3.8, 4) is 0 Å². The quantitative estimate of drug-likeness (QED) is 0.768. The van der Waals surface area contributed by atoms with Gasteiger partial charge in [0.15, 0.2) is 5.82 Å². The van der Waals surface area contributed by atoms with Crippen LogP contribution < -0.4 is 0 Å². The van der Waals surface area contributed by atoms with Gasteiger partial charge in [-0.2, -0.15) is 4.98 Å². The van der Waals surface area contributed by atoms with E-state index in [9.17, 15) is 4.39 Å². The van der Waals surface area contributed by atoms with E-state index in [2.05, 4.69) is 30.3 Å². The first-order chi connectivity index (χ1) is 11.0. The van der Waals surface area contributed by atoms with Crippen LogP contribution in [0, 0.1) is 6.92 Å².